The van der Waals surface area contributed by atoms with Crippen molar-refractivity contribution in [1.29, 1.82) is 5.26 Å². The SMILES string of the molecule is CC(C)CC(C#N)NC(=O)C1CCCCC1NC(=O)c1cc2ccccc2n1CCCN1CCOCC1. The highest BCUT2D eigenvalue weighted by molar-refractivity contribution is 5.99. The zero-order chi connectivity index (χ0) is 26.2. The molecule has 8 heteroatoms. The minimum atomic E-state index is -0.500. The van der Waals surface area contributed by atoms with Gasteiger partial charge in [-0.3, -0.25) is 14.5 Å². The third-order valence-corrected chi connectivity index (χ3v) is 7.60. The number of hydrogen-bond donors (Lipinski definition) is 2. The molecule has 1 saturated carbocycles. The molecule has 37 heavy (non-hydrogen) atoms. The average Bonchev–Trinajstić information content (AvgIpc) is 3.27. The number of benzene rings is 1. The first kappa shape index (κ1) is 27.2. The monoisotopic (exact) mass is 507 g/mol. The molecule has 0 bridgehead atoms. The normalized spacial score (nSPS) is 21.5. The van der Waals surface area contributed by atoms with Crippen LogP contribution < -0.4 is 10.6 Å². The maximum absolute atomic E-state index is 13.6. The highest BCUT2D eigenvalue weighted by Gasteiger charge is 2.34. The van der Waals surface area contributed by atoms with Crippen molar-refractivity contribution in [3.8, 4) is 6.07 Å². The van der Waals surface area contributed by atoms with Crippen molar-refractivity contribution in [1.82, 2.24) is 20.1 Å². The number of nitriles is 1. The molecule has 2 aromatic rings. The van der Waals surface area contributed by atoms with Crippen LogP contribution in [0.15, 0.2) is 30.3 Å². The zero-order valence-electron chi connectivity index (χ0n) is 22.2. The molecule has 2 aliphatic rings. The number of nitrogens with zero attached hydrogens (tertiary/aromatic N) is 3. The summed E-state index contributed by atoms with van der Waals surface area (Å²) < 4.78 is 7.58. The van der Waals surface area contributed by atoms with Crippen molar-refractivity contribution in [3.05, 3.63) is 36.0 Å². The Kier molecular flexibility index (Phi) is 9.59. The lowest BCUT2D eigenvalue weighted by Crippen LogP contribution is -2.50. The fourth-order valence-electron chi connectivity index (χ4n) is 5.67. The summed E-state index contributed by atoms with van der Waals surface area (Å²) in [6, 6.07) is 11.5. The average molecular weight is 508 g/mol. The van der Waals surface area contributed by atoms with E-state index in [9.17, 15) is 14.9 Å². The number of hydrogen-bond acceptors (Lipinski definition) is 5. The number of carbonyl (C=O) groups is 2. The van der Waals surface area contributed by atoms with Crippen molar-refractivity contribution in [2.45, 2.75) is 71.0 Å². The summed E-state index contributed by atoms with van der Waals surface area (Å²) in [6.07, 6.45) is 4.98. The summed E-state index contributed by atoms with van der Waals surface area (Å²) in [5.41, 5.74) is 1.70. The molecule has 3 unspecified atom stereocenters. The molecule has 2 amide bonds. The Morgan fingerprint density at radius 2 is 1.89 bits per heavy atom. The number of aromatic nitrogens is 1. The molecule has 3 atom stereocenters. The van der Waals surface area contributed by atoms with E-state index >= 15 is 0 Å². The molecule has 1 aromatic carbocycles. The van der Waals surface area contributed by atoms with Gasteiger partial charge in [0.15, 0.2) is 0 Å². The summed E-state index contributed by atoms with van der Waals surface area (Å²) in [4.78, 5) is 29.2. The lowest BCUT2D eigenvalue weighted by atomic mass is 9.83. The predicted octanol–water partition coefficient (Wildman–Crippen LogP) is 3.71. The third-order valence-electron chi connectivity index (χ3n) is 7.60. The third kappa shape index (κ3) is 7.12. The zero-order valence-corrected chi connectivity index (χ0v) is 22.2. The number of morpholine rings is 1. The fourth-order valence-corrected chi connectivity index (χ4v) is 5.67. The van der Waals surface area contributed by atoms with Crippen LogP contribution in [0.3, 0.4) is 0 Å². The number of rotatable bonds is 10. The van der Waals surface area contributed by atoms with Crippen LogP contribution >= 0.6 is 0 Å². The quantitative estimate of drug-likeness (QED) is 0.511. The molecule has 2 N–H and O–H groups in total. The number of fused-ring (bicyclic) bond motifs is 1. The maximum Gasteiger partial charge on any atom is 0.268 e. The molecule has 1 aliphatic heterocycles. The lowest BCUT2D eigenvalue weighted by molar-refractivity contribution is -0.127. The number of para-hydroxylation sites is 1. The summed E-state index contributed by atoms with van der Waals surface area (Å²) >= 11 is 0. The van der Waals surface area contributed by atoms with Gasteiger partial charge in [0.25, 0.3) is 5.91 Å². The number of nitrogens with one attached hydrogen (secondary N) is 2. The molecular weight excluding hydrogens is 466 g/mol. The van der Waals surface area contributed by atoms with Gasteiger partial charge in [0.1, 0.15) is 11.7 Å². The van der Waals surface area contributed by atoms with E-state index in [0.29, 0.717) is 18.0 Å². The molecule has 2 heterocycles. The van der Waals surface area contributed by atoms with Gasteiger partial charge < -0.3 is 19.9 Å². The Labute approximate surface area is 220 Å². The lowest BCUT2D eigenvalue weighted by Gasteiger charge is -2.32. The molecule has 200 valence electrons. The van der Waals surface area contributed by atoms with E-state index in [-0.39, 0.29) is 23.8 Å². The minimum absolute atomic E-state index is 0.122. The van der Waals surface area contributed by atoms with Crippen LogP contribution in [0.2, 0.25) is 0 Å². The number of aryl methyl sites for hydroxylation is 1. The Morgan fingerprint density at radius 1 is 1.14 bits per heavy atom. The molecular formula is C29H41N5O3. The fraction of sp³-hybridized carbons (Fsp3) is 0.621. The van der Waals surface area contributed by atoms with E-state index in [1.54, 1.807) is 0 Å². The van der Waals surface area contributed by atoms with Crippen molar-refractivity contribution in [3.63, 3.8) is 0 Å². The van der Waals surface area contributed by atoms with E-state index in [1.165, 1.54) is 0 Å². The highest BCUT2D eigenvalue weighted by atomic mass is 16.5. The second-order valence-corrected chi connectivity index (χ2v) is 10.8. The van der Waals surface area contributed by atoms with Gasteiger partial charge in [-0.15, -0.1) is 0 Å². The maximum atomic E-state index is 13.6. The van der Waals surface area contributed by atoms with E-state index in [1.807, 2.05) is 38.1 Å². The molecule has 1 aliphatic carbocycles. The van der Waals surface area contributed by atoms with Gasteiger partial charge in [-0.1, -0.05) is 44.9 Å². The number of amides is 2. The van der Waals surface area contributed by atoms with E-state index in [2.05, 4.69) is 32.2 Å². The first-order valence-electron chi connectivity index (χ1n) is 13.9. The van der Waals surface area contributed by atoms with E-state index < -0.39 is 6.04 Å². The van der Waals surface area contributed by atoms with Gasteiger partial charge in [0.05, 0.1) is 25.2 Å². The van der Waals surface area contributed by atoms with Crippen LogP contribution in [0.5, 0.6) is 0 Å². The van der Waals surface area contributed by atoms with Gasteiger partial charge in [-0.25, -0.2) is 0 Å². The van der Waals surface area contributed by atoms with Gasteiger partial charge >= 0.3 is 0 Å². The minimum Gasteiger partial charge on any atom is -0.379 e. The Morgan fingerprint density at radius 3 is 2.65 bits per heavy atom. The molecule has 0 radical (unpaired) electrons. The molecule has 0 spiro atoms. The Bertz CT molecular complexity index is 1100. The highest BCUT2D eigenvalue weighted by Crippen LogP contribution is 2.27. The molecule has 1 saturated heterocycles. The first-order valence-corrected chi connectivity index (χ1v) is 13.9. The van der Waals surface area contributed by atoms with Gasteiger partial charge in [-0.05, 0) is 43.7 Å². The topological polar surface area (TPSA) is 99.4 Å². The number of carbonyl (C=O) groups excluding carboxylic acids is 2. The summed E-state index contributed by atoms with van der Waals surface area (Å²) in [6.45, 7) is 9.27. The van der Waals surface area contributed by atoms with Crippen molar-refractivity contribution < 1.29 is 14.3 Å². The largest absolute Gasteiger partial charge is 0.379 e. The van der Waals surface area contributed by atoms with Gasteiger partial charge in [0, 0.05) is 43.1 Å². The van der Waals surface area contributed by atoms with Crippen LogP contribution in [0, 0.1) is 23.2 Å². The van der Waals surface area contributed by atoms with Crippen LogP contribution in [0.25, 0.3) is 10.9 Å². The molecule has 4 rings (SSSR count). The van der Waals surface area contributed by atoms with Crippen molar-refractivity contribution in [2.75, 3.05) is 32.8 Å². The van der Waals surface area contributed by atoms with Crippen LogP contribution in [0.1, 0.15) is 62.9 Å². The van der Waals surface area contributed by atoms with E-state index in [4.69, 9.17) is 4.74 Å². The van der Waals surface area contributed by atoms with Gasteiger partial charge in [0.2, 0.25) is 5.91 Å². The second-order valence-electron chi connectivity index (χ2n) is 10.8. The van der Waals surface area contributed by atoms with Crippen LogP contribution in [-0.4, -0.2) is 66.2 Å². The Balaban J connectivity index is 1.46. The molecule has 2 fully saturated rings. The van der Waals surface area contributed by atoms with Crippen molar-refractivity contribution in [2.24, 2.45) is 11.8 Å². The molecule has 8 nitrogen and oxygen atoms in total. The van der Waals surface area contributed by atoms with Gasteiger partial charge in [-0.2, -0.15) is 5.26 Å². The standard InChI is InChI=1S/C29H41N5O3/c1-21(2)18-23(20-30)31-28(35)24-9-4-5-10-25(24)32-29(36)27-19-22-8-3-6-11-26(22)34(27)13-7-12-33-14-16-37-17-15-33/h3,6,8,11,19,21,23-25H,4-5,7,9-10,12-18H2,1-2H3,(H,31,35)(H,32,36). The summed E-state index contributed by atoms with van der Waals surface area (Å²) in [5, 5.41) is 16.7. The second kappa shape index (κ2) is 13.1. The predicted molar refractivity (Wildman–Crippen MR) is 144 cm³/mol. The first-order chi connectivity index (χ1) is 18.0. The number of ether oxygens (including phenoxy) is 1. The molecule has 1 aromatic heterocycles. The van der Waals surface area contributed by atoms with Crippen molar-refractivity contribution >= 4 is 22.7 Å². The van der Waals surface area contributed by atoms with E-state index in [0.717, 1.165) is 82.4 Å². The summed E-state index contributed by atoms with van der Waals surface area (Å²) in [5.74, 6) is -0.258. The summed E-state index contributed by atoms with van der Waals surface area (Å²) in [7, 11) is 0. The Hall–Kier alpha value is -2.89. The van der Waals surface area contributed by atoms with Crippen LogP contribution in [0.4, 0.5) is 0 Å². The van der Waals surface area contributed by atoms with Crippen LogP contribution in [-0.2, 0) is 16.1 Å². The smallest absolute Gasteiger partial charge is 0.268 e.